The first-order chi connectivity index (χ1) is 8.97. The molecule has 0 aromatic heterocycles. The molecule has 0 heterocycles. The fourth-order valence-electron chi connectivity index (χ4n) is 1.97. The summed E-state index contributed by atoms with van der Waals surface area (Å²) in [5, 5.41) is 14.2. The third-order valence-electron chi connectivity index (χ3n) is 3.59. The summed E-state index contributed by atoms with van der Waals surface area (Å²) in [6.45, 7) is 3.19. The Morgan fingerprint density at radius 3 is 2.63 bits per heavy atom. The molecule has 0 aromatic rings. The Hall–Kier alpha value is -1.30. The number of carboxylic acid groups (broad SMARTS) is 1. The van der Waals surface area contributed by atoms with Gasteiger partial charge >= 0.3 is 12.0 Å². The number of hydrogen-bond acceptors (Lipinski definition) is 3. The molecule has 0 radical (unpaired) electrons. The van der Waals surface area contributed by atoms with Gasteiger partial charge < -0.3 is 20.5 Å². The Morgan fingerprint density at radius 1 is 1.42 bits per heavy atom. The number of methoxy groups -OCH3 is 1. The van der Waals surface area contributed by atoms with Crippen molar-refractivity contribution in [2.24, 2.45) is 5.41 Å². The molecule has 1 aliphatic rings. The highest BCUT2D eigenvalue weighted by Crippen LogP contribution is 2.48. The van der Waals surface area contributed by atoms with Crippen LogP contribution in [-0.2, 0) is 9.53 Å². The van der Waals surface area contributed by atoms with E-state index in [0.29, 0.717) is 13.0 Å². The summed E-state index contributed by atoms with van der Waals surface area (Å²) in [6.07, 6.45) is 3.74. The number of carbonyl (C=O) groups excluding carboxylic acids is 1. The lowest BCUT2D eigenvalue weighted by Crippen LogP contribution is -2.43. The first-order valence-corrected chi connectivity index (χ1v) is 6.72. The highest BCUT2D eigenvalue weighted by molar-refractivity contribution is 5.74. The zero-order valence-electron chi connectivity index (χ0n) is 11.7. The summed E-state index contributed by atoms with van der Waals surface area (Å²) in [6, 6.07) is -0.355. The second kappa shape index (κ2) is 7.33. The van der Waals surface area contributed by atoms with Gasteiger partial charge in [0.2, 0.25) is 0 Å². The van der Waals surface area contributed by atoms with Gasteiger partial charge in [-0.25, -0.2) is 4.79 Å². The molecule has 2 amide bonds. The predicted molar refractivity (Wildman–Crippen MR) is 71.0 cm³/mol. The summed E-state index contributed by atoms with van der Waals surface area (Å²) in [5.74, 6) is -0.842. The molecule has 1 rings (SSSR count). The van der Waals surface area contributed by atoms with Gasteiger partial charge in [0.05, 0.1) is 0 Å². The molecular formula is C13H24N2O4. The standard InChI is InChI=1S/C13H24N2O4/c1-10(3-4-11(16)17)15-12(18)14-9-13(5-6-13)7-8-19-2/h10H,3-9H2,1-2H3,(H,16,17)(H2,14,15,18). The SMILES string of the molecule is COCCC1(CNC(=O)NC(C)CCC(=O)O)CC1. The smallest absolute Gasteiger partial charge is 0.315 e. The van der Waals surface area contributed by atoms with Crippen LogP contribution in [0.5, 0.6) is 0 Å². The molecule has 0 spiro atoms. The van der Waals surface area contributed by atoms with E-state index in [9.17, 15) is 9.59 Å². The van der Waals surface area contributed by atoms with Gasteiger partial charge in [-0.05, 0) is 38.0 Å². The quantitative estimate of drug-likeness (QED) is 0.591. The Balaban J connectivity index is 2.15. The fourth-order valence-corrected chi connectivity index (χ4v) is 1.97. The molecule has 6 heteroatoms. The van der Waals surface area contributed by atoms with Crippen LogP contribution in [-0.4, -0.2) is 43.4 Å². The lowest BCUT2D eigenvalue weighted by atomic mass is 10.0. The number of carboxylic acids is 1. The lowest BCUT2D eigenvalue weighted by Gasteiger charge is -2.18. The number of ether oxygens (including phenoxy) is 1. The van der Waals surface area contributed by atoms with Crippen molar-refractivity contribution < 1.29 is 19.4 Å². The minimum absolute atomic E-state index is 0.0687. The number of nitrogens with one attached hydrogen (secondary N) is 2. The maximum atomic E-state index is 11.6. The fraction of sp³-hybridized carbons (Fsp3) is 0.846. The first-order valence-electron chi connectivity index (χ1n) is 6.72. The van der Waals surface area contributed by atoms with E-state index in [1.54, 1.807) is 14.0 Å². The summed E-state index contributed by atoms with van der Waals surface area (Å²) in [4.78, 5) is 22.1. The zero-order valence-corrected chi connectivity index (χ0v) is 11.7. The maximum Gasteiger partial charge on any atom is 0.315 e. The largest absolute Gasteiger partial charge is 0.481 e. The van der Waals surface area contributed by atoms with E-state index in [1.165, 1.54) is 0 Å². The van der Waals surface area contributed by atoms with Crippen LogP contribution in [0.25, 0.3) is 0 Å². The van der Waals surface area contributed by atoms with Gasteiger partial charge in [-0.2, -0.15) is 0 Å². The van der Waals surface area contributed by atoms with Crippen molar-refractivity contribution in [1.82, 2.24) is 10.6 Å². The van der Waals surface area contributed by atoms with Crippen LogP contribution >= 0.6 is 0 Å². The van der Waals surface area contributed by atoms with Crippen molar-refractivity contribution in [3.63, 3.8) is 0 Å². The van der Waals surface area contributed by atoms with Crippen molar-refractivity contribution in [3.05, 3.63) is 0 Å². The number of aliphatic carboxylic acids is 1. The lowest BCUT2D eigenvalue weighted by molar-refractivity contribution is -0.137. The average Bonchev–Trinajstić information content (AvgIpc) is 3.12. The maximum absolute atomic E-state index is 11.6. The van der Waals surface area contributed by atoms with Gasteiger partial charge in [-0.15, -0.1) is 0 Å². The number of rotatable bonds is 9. The molecule has 0 bridgehead atoms. The normalized spacial score (nSPS) is 17.6. The van der Waals surface area contributed by atoms with Crippen LogP contribution in [0.1, 0.15) is 39.0 Å². The van der Waals surface area contributed by atoms with Crippen molar-refractivity contribution in [3.8, 4) is 0 Å². The monoisotopic (exact) mass is 272 g/mol. The van der Waals surface area contributed by atoms with E-state index >= 15 is 0 Å². The van der Waals surface area contributed by atoms with Crippen LogP contribution < -0.4 is 10.6 Å². The number of hydrogen-bond donors (Lipinski definition) is 3. The molecule has 1 saturated carbocycles. The molecule has 0 aliphatic heterocycles. The van der Waals surface area contributed by atoms with Gasteiger partial charge in [0, 0.05) is 32.7 Å². The van der Waals surface area contributed by atoms with Crippen LogP contribution in [0.15, 0.2) is 0 Å². The summed E-state index contributed by atoms with van der Waals surface area (Å²) in [5.41, 5.74) is 0.220. The third-order valence-corrected chi connectivity index (χ3v) is 3.59. The summed E-state index contributed by atoms with van der Waals surface area (Å²) in [7, 11) is 1.68. The molecular weight excluding hydrogens is 248 g/mol. The van der Waals surface area contributed by atoms with Crippen LogP contribution in [0.2, 0.25) is 0 Å². The van der Waals surface area contributed by atoms with E-state index in [1.807, 2.05) is 0 Å². The highest BCUT2D eigenvalue weighted by Gasteiger charge is 2.42. The molecule has 110 valence electrons. The van der Waals surface area contributed by atoms with Crippen molar-refractivity contribution >= 4 is 12.0 Å². The molecule has 0 aromatic carbocycles. The van der Waals surface area contributed by atoms with Gasteiger partial charge in [0.25, 0.3) is 0 Å². The van der Waals surface area contributed by atoms with Gasteiger partial charge in [0.1, 0.15) is 0 Å². The van der Waals surface area contributed by atoms with Crippen molar-refractivity contribution in [2.45, 2.75) is 45.1 Å². The molecule has 1 aliphatic carbocycles. The third kappa shape index (κ3) is 6.42. The first kappa shape index (κ1) is 15.8. The molecule has 1 atom stereocenters. The topological polar surface area (TPSA) is 87.7 Å². The van der Waals surface area contributed by atoms with Crippen LogP contribution in [0.4, 0.5) is 4.79 Å². The number of urea groups is 1. The van der Waals surface area contributed by atoms with Gasteiger partial charge in [-0.3, -0.25) is 4.79 Å². The zero-order chi connectivity index (χ0) is 14.3. The van der Waals surface area contributed by atoms with Crippen LogP contribution in [0.3, 0.4) is 0 Å². The number of amides is 2. The Kier molecular flexibility index (Phi) is 6.08. The Labute approximate surface area is 113 Å². The van der Waals surface area contributed by atoms with E-state index < -0.39 is 5.97 Å². The summed E-state index contributed by atoms with van der Waals surface area (Å²) < 4.78 is 5.06. The Bertz CT molecular complexity index is 316. The molecule has 1 unspecified atom stereocenters. The molecule has 3 N–H and O–H groups in total. The molecule has 1 fully saturated rings. The number of carbonyl (C=O) groups is 2. The van der Waals surface area contributed by atoms with Crippen LogP contribution in [0, 0.1) is 5.41 Å². The van der Waals surface area contributed by atoms with Crippen molar-refractivity contribution in [1.29, 1.82) is 0 Å². The second-order valence-electron chi connectivity index (χ2n) is 5.40. The summed E-state index contributed by atoms with van der Waals surface area (Å²) >= 11 is 0. The van der Waals surface area contributed by atoms with Gasteiger partial charge in [-0.1, -0.05) is 0 Å². The highest BCUT2D eigenvalue weighted by atomic mass is 16.5. The van der Waals surface area contributed by atoms with Crippen molar-refractivity contribution in [2.75, 3.05) is 20.3 Å². The molecule has 6 nitrogen and oxygen atoms in total. The van der Waals surface area contributed by atoms with E-state index in [0.717, 1.165) is 25.9 Å². The minimum atomic E-state index is -0.842. The second-order valence-corrected chi connectivity index (χ2v) is 5.40. The molecule has 19 heavy (non-hydrogen) atoms. The van der Waals surface area contributed by atoms with E-state index in [-0.39, 0.29) is 23.9 Å². The Morgan fingerprint density at radius 2 is 2.11 bits per heavy atom. The van der Waals surface area contributed by atoms with Gasteiger partial charge in [0.15, 0.2) is 0 Å². The predicted octanol–water partition coefficient (Wildman–Crippen LogP) is 1.36. The minimum Gasteiger partial charge on any atom is -0.481 e. The van der Waals surface area contributed by atoms with E-state index in [2.05, 4.69) is 10.6 Å². The van der Waals surface area contributed by atoms with E-state index in [4.69, 9.17) is 9.84 Å². The average molecular weight is 272 g/mol. The molecule has 0 saturated heterocycles.